The highest BCUT2D eigenvalue weighted by atomic mass is 79.9. The highest BCUT2D eigenvalue weighted by Crippen LogP contribution is 2.17. The molecule has 2 amide bonds. The predicted octanol–water partition coefficient (Wildman–Crippen LogP) is 2.12. The number of nitrogens with one attached hydrogen (secondary N) is 1. The first-order valence-corrected chi connectivity index (χ1v) is 8.75. The highest BCUT2D eigenvalue weighted by molar-refractivity contribution is 9.10. The van der Waals surface area contributed by atoms with Crippen LogP contribution in [-0.4, -0.2) is 47.9 Å². The zero-order valence-electron chi connectivity index (χ0n) is 13.8. The number of hydrogen-bond acceptors (Lipinski definition) is 4. The van der Waals surface area contributed by atoms with Gasteiger partial charge in [0.05, 0.1) is 12.5 Å². The van der Waals surface area contributed by atoms with Gasteiger partial charge >= 0.3 is 5.97 Å². The summed E-state index contributed by atoms with van der Waals surface area (Å²) >= 11 is 3.32. The minimum Gasteiger partial charge on any atom is -0.463 e. The third kappa shape index (κ3) is 4.56. The molecule has 1 heterocycles. The number of ether oxygens (including phenoxy) is 1. The van der Waals surface area contributed by atoms with Gasteiger partial charge in [-0.1, -0.05) is 22.9 Å². The predicted molar refractivity (Wildman–Crippen MR) is 92.4 cm³/mol. The molecule has 0 aliphatic carbocycles. The summed E-state index contributed by atoms with van der Waals surface area (Å²) < 4.78 is 6.10. The number of halogens is 1. The largest absolute Gasteiger partial charge is 0.463 e. The van der Waals surface area contributed by atoms with E-state index in [1.807, 2.05) is 6.92 Å². The molecule has 7 heteroatoms. The van der Waals surface area contributed by atoms with Crippen molar-refractivity contribution in [2.75, 3.05) is 13.1 Å². The van der Waals surface area contributed by atoms with Crippen molar-refractivity contribution < 1.29 is 19.1 Å². The van der Waals surface area contributed by atoms with Gasteiger partial charge in [0.1, 0.15) is 6.04 Å². The molecule has 2 atom stereocenters. The molecule has 1 aliphatic rings. The Kier molecular flexibility index (Phi) is 6.36. The molecule has 1 saturated heterocycles. The summed E-state index contributed by atoms with van der Waals surface area (Å²) in [6.45, 7) is 4.44. The van der Waals surface area contributed by atoms with Crippen molar-refractivity contribution in [3.05, 3.63) is 34.3 Å². The maximum absolute atomic E-state index is 12.7. The summed E-state index contributed by atoms with van der Waals surface area (Å²) in [5.41, 5.74) is 0.480. The molecule has 0 saturated carbocycles. The number of esters is 1. The second-order valence-corrected chi connectivity index (χ2v) is 6.64. The van der Waals surface area contributed by atoms with Gasteiger partial charge in [-0.25, -0.2) is 0 Å². The number of hydrogen-bond donors (Lipinski definition) is 1. The van der Waals surface area contributed by atoms with Gasteiger partial charge in [-0.15, -0.1) is 0 Å². The molecular formula is C17H21BrN2O4. The molecule has 0 aromatic heterocycles. The van der Waals surface area contributed by atoms with Crippen LogP contribution in [0.2, 0.25) is 0 Å². The zero-order valence-corrected chi connectivity index (χ0v) is 15.3. The molecule has 1 aromatic rings. The van der Waals surface area contributed by atoms with Gasteiger partial charge < -0.3 is 15.0 Å². The Morgan fingerprint density at radius 1 is 1.38 bits per heavy atom. The van der Waals surface area contributed by atoms with E-state index in [-0.39, 0.29) is 24.3 Å². The average Bonchev–Trinajstić information content (AvgIpc) is 2.56. The van der Waals surface area contributed by atoms with Crippen LogP contribution in [0.25, 0.3) is 0 Å². The third-order valence-electron chi connectivity index (χ3n) is 3.95. The standard InChI is InChI=1S/C17H21BrN2O4/c1-3-11(2)24-15(21)10-14-16(22)19-8-9-20(14)17(23)12-4-6-13(18)7-5-12/h4-7,11,14H,3,8-10H2,1-2H3,(H,19,22). The summed E-state index contributed by atoms with van der Waals surface area (Å²) in [6, 6.07) is 6.07. The van der Waals surface area contributed by atoms with Gasteiger partial charge in [-0.3, -0.25) is 14.4 Å². The Morgan fingerprint density at radius 2 is 2.04 bits per heavy atom. The van der Waals surface area contributed by atoms with Crippen molar-refractivity contribution in [3.8, 4) is 0 Å². The molecular weight excluding hydrogens is 376 g/mol. The van der Waals surface area contributed by atoms with E-state index in [9.17, 15) is 14.4 Å². The molecule has 6 nitrogen and oxygen atoms in total. The summed E-state index contributed by atoms with van der Waals surface area (Å²) in [4.78, 5) is 38.3. The van der Waals surface area contributed by atoms with Gasteiger partial charge in [0.15, 0.2) is 0 Å². The van der Waals surface area contributed by atoms with Crippen LogP contribution in [0.4, 0.5) is 0 Å². The fourth-order valence-corrected chi connectivity index (χ4v) is 2.70. The van der Waals surface area contributed by atoms with Crippen LogP contribution in [-0.2, 0) is 14.3 Å². The summed E-state index contributed by atoms with van der Waals surface area (Å²) in [5.74, 6) is -1.06. The molecule has 24 heavy (non-hydrogen) atoms. The first-order chi connectivity index (χ1) is 11.4. The van der Waals surface area contributed by atoms with Crippen molar-refractivity contribution in [1.82, 2.24) is 10.2 Å². The summed E-state index contributed by atoms with van der Waals surface area (Å²) in [5, 5.41) is 2.70. The summed E-state index contributed by atoms with van der Waals surface area (Å²) in [7, 11) is 0. The maximum atomic E-state index is 12.7. The van der Waals surface area contributed by atoms with Crippen LogP contribution in [0.5, 0.6) is 0 Å². The molecule has 1 aromatic carbocycles. The lowest BCUT2D eigenvalue weighted by Crippen LogP contribution is -2.57. The molecule has 2 rings (SSSR count). The number of rotatable bonds is 5. The number of amides is 2. The van der Waals surface area contributed by atoms with Crippen LogP contribution in [0.3, 0.4) is 0 Å². The zero-order chi connectivity index (χ0) is 17.7. The van der Waals surface area contributed by atoms with Gasteiger partial charge in [0.2, 0.25) is 5.91 Å². The number of piperazine rings is 1. The quantitative estimate of drug-likeness (QED) is 0.773. The molecule has 130 valence electrons. The first kappa shape index (κ1) is 18.4. The highest BCUT2D eigenvalue weighted by Gasteiger charge is 2.35. The summed E-state index contributed by atoms with van der Waals surface area (Å²) in [6.07, 6.45) is 0.350. The molecule has 1 fully saturated rings. The van der Waals surface area contributed by atoms with Gasteiger partial charge in [0, 0.05) is 23.1 Å². The normalized spacial score (nSPS) is 18.7. The van der Waals surface area contributed by atoms with Crippen molar-refractivity contribution >= 4 is 33.7 Å². The Balaban J connectivity index is 2.13. The van der Waals surface area contributed by atoms with E-state index in [1.165, 1.54) is 4.90 Å². The fourth-order valence-electron chi connectivity index (χ4n) is 2.43. The lowest BCUT2D eigenvalue weighted by atomic mass is 10.1. The molecule has 1 N–H and O–H groups in total. The van der Waals surface area contributed by atoms with Crippen molar-refractivity contribution in [3.63, 3.8) is 0 Å². The monoisotopic (exact) mass is 396 g/mol. The van der Waals surface area contributed by atoms with E-state index in [0.717, 1.165) is 4.47 Å². The van der Waals surface area contributed by atoms with Gasteiger partial charge in [0.25, 0.3) is 5.91 Å². The molecule has 0 bridgehead atoms. The van der Waals surface area contributed by atoms with E-state index in [0.29, 0.717) is 25.1 Å². The minimum atomic E-state index is -0.841. The Labute approximate surface area is 149 Å². The number of carbonyl (C=O) groups excluding carboxylic acids is 3. The van der Waals surface area contributed by atoms with E-state index >= 15 is 0 Å². The smallest absolute Gasteiger partial charge is 0.308 e. The Bertz CT molecular complexity index is 618. The van der Waals surface area contributed by atoms with E-state index in [2.05, 4.69) is 21.2 Å². The maximum Gasteiger partial charge on any atom is 0.308 e. The van der Waals surface area contributed by atoms with Crippen molar-refractivity contribution in [2.45, 2.75) is 38.8 Å². The number of benzene rings is 1. The molecule has 0 spiro atoms. The topological polar surface area (TPSA) is 75.7 Å². The van der Waals surface area contributed by atoms with Crippen LogP contribution in [0.15, 0.2) is 28.7 Å². The molecule has 1 aliphatic heterocycles. The number of nitrogens with zero attached hydrogens (tertiary/aromatic N) is 1. The Morgan fingerprint density at radius 3 is 2.67 bits per heavy atom. The van der Waals surface area contributed by atoms with Crippen LogP contribution >= 0.6 is 15.9 Å². The minimum absolute atomic E-state index is 0.140. The van der Waals surface area contributed by atoms with Gasteiger partial charge in [-0.05, 0) is 37.6 Å². The van der Waals surface area contributed by atoms with E-state index in [4.69, 9.17) is 4.74 Å². The number of carbonyl (C=O) groups is 3. The van der Waals surface area contributed by atoms with Crippen molar-refractivity contribution in [1.29, 1.82) is 0 Å². The van der Waals surface area contributed by atoms with Gasteiger partial charge in [-0.2, -0.15) is 0 Å². The Hall–Kier alpha value is -1.89. The molecule has 2 unspecified atom stereocenters. The van der Waals surface area contributed by atoms with E-state index < -0.39 is 12.0 Å². The van der Waals surface area contributed by atoms with Crippen LogP contribution in [0.1, 0.15) is 37.0 Å². The van der Waals surface area contributed by atoms with Crippen molar-refractivity contribution in [2.24, 2.45) is 0 Å². The lowest BCUT2D eigenvalue weighted by molar-refractivity contribution is -0.151. The lowest BCUT2D eigenvalue weighted by Gasteiger charge is -2.34. The fraction of sp³-hybridized carbons (Fsp3) is 0.471. The first-order valence-electron chi connectivity index (χ1n) is 7.96. The van der Waals surface area contributed by atoms with E-state index in [1.54, 1.807) is 31.2 Å². The van der Waals surface area contributed by atoms with Crippen LogP contribution < -0.4 is 5.32 Å². The third-order valence-corrected chi connectivity index (χ3v) is 4.48. The second kappa shape index (κ2) is 8.28. The van der Waals surface area contributed by atoms with Crippen LogP contribution in [0, 0.1) is 0 Å². The second-order valence-electron chi connectivity index (χ2n) is 5.73. The SMILES string of the molecule is CCC(C)OC(=O)CC1C(=O)NCCN1C(=O)c1ccc(Br)cc1. The average molecular weight is 397 g/mol. The molecule has 0 radical (unpaired) electrons.